The number of amides is 3. The van der Waals surface area contributed by atoms with Crippen LogP contribution >= 0.6 is 0 Å². The zero-order valence-corrected chi connectivity index (χ0v) is 22.8. The van der Waals surface area contributed by atoms with Crippen LogP contribution in [0.1, 0.15) is 66.9 Å². The summed E-state index contributed by atoms with van der Waals surface area (Å²) in [6.07, 6.45) is 0.529. The van der Waals surface area contributed by atoms with E-state index in [-0.39, 0.29) is 24.4 Å². The van der Waals surface area contributed by atoms with Crippen LogP contribution in [0.3, 0.4) is 0 Å². The quantitative estimate of drug-likeness (QED) is 0.636. The molecule has 200 valence electrons. The van der Waals surface area contributed by atoms with E-state index in [1.54, 1.807) is 9.80 Å². The maximum atomic E-state index is 13.6. The SMILES string of the molecule is COC(=O)N[C@H]1Cc2ccccc2N(C(=O)CC(C)(C)C[C@H]2COC(C)(C)N2C(=O)OC(C)(C)C)C1. The summed E-state index contributed by atoms with van der Waals surface area (Å²) >= 11 is 0. The van der Waals surface area contributed by atoms with E-state index in [4.69, 9.17) is 14.2 Å². The van der Waals surface area contributed by atoms with Gasteiger partial charge in [0.2, 0.25) is 5.91 Å². The molecule has 0 bridgehead atoms. The number of benzene rings is 1. The van der Waals surface area contributed by atoms with Gasteiger partial charge in [-0.25, -0.2) is 9.59 Å². The highest BCUT2D eigenvalue weighted by Crippen LogP contribution is 2.38. The Morgan fingerprint density at radius 1 is 1.14 bits per heavy atom. The van der Waals surface area contributed by atoms with Crippen molar-refractivity contribution in [3.8, 4) is 0 Å². The average Bonchev–Trinajstić information content (AvgIpc) is 3.04. The molecule has 9 nitrogen and oxygen atoms in total. The van der Waals surface area contributed by atoms with Crippen LogP contribution in [0, 0.1) is 5.41 Å². The normalized spacial score (nSPS) is 21.6. The summed E-state index contributed by atoms with van der Waals surface area (Å²) in [6, 6.07) is 7.29. The molecule has 9 heteroatoms. The molecule has 3 rings (SSSR count). The Hall–Kier alpha value is -2.81. The van der Waals surface area contributed by atoms with Crippen LogP contribution in [0.2, 0.25) is 0 Å². The summed E-state index contributed by atoms with van der Waals surface area (Å²) in [7, 11) is 1.33. The number of anilines is 1. The molecule has 2 heterocycles. The van der Waals surface area contributed by atoms with Crippen molar-refractivity contribution in [3.63, 3.8) is 0 Å². The molecule has 0 radical (unpaired) electrons. The molecular weight excluding hydrogens is 462 g/mol. The standard InChI is InChI=1S/C27H41N3O6/c1-25(2,3)36-24(33)30-20(17-35-27(30,6)7)14-26(4,5)15-22(31)29-16-19(28-23(32)34-8)13-18-11-9-10-12-21(18)29/h9-12,19-20H,13-17H2,1-8H3,(H,28,32)/t19-,20-/m0/s1. The van der Waals surface area contributed by atoms with Crippen LogP contribution in [-0.4, -0.2) is 66.7 Å². The van der Waals surface area contributed by atoms with Crippen molar-refractivity contribution in [2.24, 2.45) is 5.41 Å². The molecule has 1 saturated heterocycles. The summed E-state index contributed by atoms with van der Waals surface area (Å²) in [4.78, 5) is 41.9. The molecule has 1 fully saturated rings. The van der Waals surface area contributed by atoms with Gasteiger partial charge in [-0.05, 0) is 64.5 Å². The first kappa shape index (κ1) is 27.8. The largest absolute Gasteiger partial charge is 0.453 e. The lowest BCUT2D eigenvalue weighted by atomic mass is 9.81. The summed E-state index contributed by atoms with van der Waals surface area (Å²) < 4.78 is 16.4. The fourth-order valence-electron chi connectivity index (χ4n) is 5.08. The van der Waals surface area contributed by atoms with Gasteiger partial charge in [-0.3, -0.25) is 9.69 Å². The fraction of sp³-hybridized carbons (Fsp3) is 0.667. The molecule has 1 aromatic carbocycles. The molecule has 0 unspecified atom stereocenters. The summed E-state index contributed by atoms with van der Waals surface area (Å²) in [5.41, 5.74) is 0.0115. The summed E-state index contributed by atoms with van der Waals surface area (Å²) in [5.74, 6) is -0.0363. The van der Waals surface area contributed by atoms with Crippen LogP contribution in [0.5, 0.6) is 0 Å². The Morgan fingerprint density at radius 3 is 2.44 bits per heavy atom. The molecule has 2 aliphatic heterocycles. The summed E-state index contributed by atoms with van der Waals surface area (Å²) in [5, 5.41) is 2.83. The molecule has 36 heavy (non-hydrogen) atoms. The van der Waals surface area contributed by atoms with E-state index in [1.807, 2.05) is 72.7 Å². The third-order valence-electron chi connectivity index (χ3n) is 6.54. The molecule has 2 atom stereocenters. The van der Waals surface area contributed by atoms with Gasteiger partial charge < -0.3 is 24.4 Å². The van der Waals surface area contributed by atoms with Crippen molar-refractivity contribution in [3.05, 3.63) is 29.8 Å². The monoisotopic (exact) mass is 503 g/mol. The van der Waals surface area contributed by atoms with Crippen molar-refractivity contribution in [2.45, 2.75) is 91.1 Å². The second kappa shape index (κ2) is 10.3. The maximum Gasteiger partial charge on any atom is 0.412 e. The number of fused-ring (bicyclic) bond motifs is 1. The second-order valence-electron chi connectivity index (χ2n) is 12.0. The Kier molecular flexibility index (Phi) is 7.93. The number of methoxy groups -OCH3 is 1. The second-order valence-corrected chi connectivity index (χ2v) is 12.0. The van der Waals surface area contributed by atoms with Gasteiger partial charge in [-0.2, -0.15) is 0 Å². The van der Waals surface area contributed by atoms with Crippen molar-refractivity contribution >= 4 is 23.8 Å². The molecule has 0 spiro atoms. The van der Waals surface area contributed by atoms with E-state index in [2.05, 4.69) is 5.32 Å². The van der Waals surface area contributed by atoms with Crippen LogP contribution in [0.15, 0.2) is 24.3 Å². The highest BCUT2D eigenvalue weighted by atomic mass is 16.6. The van der Waals surface area contributed by atoms with Gasteiger partial charge >= 0.3 is 12.2 Å². The molecule has 1 aromatic rings. The number of hydrogen-bond acceptors (Lipinski definition) is 6. The molecule has 1 N–H and O–H groups in total. The first-order valence-corrected chi connectivity index (χ1v) is 12.5. The third kappa shape index (κ3) is 6.69. The van der Waals surface area contributed by atoms with Crippen molar-refractivity contribution in [1.82, 2.24) is 10.2 Å². The lowest BCUT2D eigenvalue weighted by molar-refractivity contribution is -0.120. The Bertz CT molecular complexity index is 984. The Labute approximate surface area is 214 Å². The lowest BCUT2D eigenvalue weighted by Gasteiger charge is -2.39. The van der Waals surface area contributed by atoms with Gasteiger partial charge in [0.1, 0.15) is 11.3 Å². The maximum absolute atomic E-state index is 13.6. The minimum absolute atomic E-state index is 0.0363. The Morgan fingerprint density at radius 2 is 1.81 bits per heavy atom. The predicted molar refractivity (Wildman–Crippen MR) is 137 cm³/mol. The van der Waals surface area contributed by atoms with Gasteiger partial charge in [0.15, 0.2) is 0 Å². The zero-order valence-electron chi connectivity index (χ0n) is 22.8. The number of carbonyl (C=O) groups is 3. The molecular formula is C27H41N3O6. The number of ether oxygens (including phenoxy) is 3. The molecule has 3 amide bonds. The number of carbonyl (C=O) groups excluding carboxylic acids is 3. The van der Waals surface area contributed by atoms with E-state index in [9.17, 15) is 14.4 Å². The van der Waals surface area contributed by atoms with Gasteiger partial charge in [0.25, 0.3) is 0 Å². The van der Waals surface area contributed by atoms with Gasteiger partial charge in [-0.1, -0.05) is 32.0 Å². The van der Waals surface area contributed by atoms with Crippen molar-refractivity contribution in [1.29, 1.82) is 0 Å². The molecule has 0 saturated carbocycles. The van der Waals surface area contributed by atoms with Crippen molar-refractivity contribution in [2.75, 3.05) is 25.2 Å². The number of nitrogens with one attached hydrogen (secondary N) is 1. The van der Waals surface area contributed by atoms with Crippen LogP contribution in [0.4, 0.5) is 15.3 Å². The number of rotatable bonds is 5. The van der Waals surface area contributed by atoms with Crippen LogP contribution in [0.25, 0.3) is 0 Å². The van der Waals surface area contributed by atoms with E-state index in [0.717, 1.165) is 11.3 Å². The van der Waals surface area contributed by atoms with Gasteiger partial charge in [0.05, 0.1) is 25.8 Å². The molecule has 2 aliphatic rings. The fourth-order valence-corrected chi connectivity index (χ4v) is 5.08. The number of alkyl carbamates (subject to hydrolysis) is 1. The van der Waals surface area contributed by atoms with E-state index in [0.29, 0.717) is 26.0 Å². The highest BCUT2D eigenvalue weighted by molar-refractivity contribution is 5.95. The van der Waals surface area contributed by atoms with Gasteiger partial charge in [-0.15, -0.1) is 0 Å². The number of hydrogen-bond donors (Lipinski definition) is 1. The number of nitrogens with zero attached hydrogens (tertiary/aromatic N) is 2. The van der Waals surface area contributed by atoms with E-state index < -0.39 is 28.9 Å². The van der Waals surface area contributed by atoms with Crippen LogP contribution < -0.4 is 10.2 Å². The topological polar surface area (TPSA) is 97.4 Å². The first-order chi connectivity index (χ1) is 16.6. The smallest absolute Gasteiger partial charge is 0.412 e. The highest BCUT2D eigenvalue weighted by Gasteiger charge is 2.47. The number of para-hydroxylation sites is 1. The van der Waals surface area contributed by atoms with Crippen LogP contribution in [-0.2, 0) is 25.4 Å². The van der Waals surface area contributed by atoms with E-state index in [1.165, 1.54) is 7.11 Å². The van der Waals surface area contributed by atoms with Gasteiger partial charge in [0, 0.05) is 18.7 Å². The minimum atomic E-state index is -0.800. The summed E-state index contributed by atoms with van der Waals surface area (Å²) in [6.45, 7) is 14.0. The average molecular weight is 504 g/mol. The molecule has 0 aliphatic carbocycles. The minimum Gasteiger partial charge on any atom is -0.453 e. The molecule has 0 aromatic heterocycles. The lowest BCUT2D eigenvalue weighted by Crippen LogP contribution is -2.52. The van der Waals surface area contributed by atoms with Crippen molar-refractivity contribution < 1.29 is 28.6 Å². The first-order valence-electron chi connectivity index (χ1n) is 12.5. The predicted octanol–water partition coefficient (Wildman–Crippen LogP) is 4.48. The zero-order chi connectivity index (χ0) is 26.9. The Balaban J connectivity index is 1.75. The van der Waals surface area contributed by atoms with E-state index >= 15 is 0 Å². The third-order valence-corrected chi connectivity index (χ3v) is 6.54.